The lowest BCUT2D eigenvalue weighted by Gasteiger charge is -2.42. The first kappa shape index (κ1) is 22.3. The van der Waals surface area contributed by atoms with Crippen LogP contribution in [0.3, 0.4) is 0 Å². The van der Waals surface area contributed by atoms with Crippen LogP contribution in [0.5, 0.6) is 0 Å². The number of aryl methyl sites for hydroxylation is 2. The van der Waals surface area contributed by atoms with Gasteiger partial charge in [-0.15, -0.1) is 0 Å². The highest BCUT2D eigenvalue weighted by atomic mass is 28.3. The number of rotatable bonds is 3. The maximum absolute atomic E-state index is 6.38. The maximum Gasteiger partial charge on any atom is 0.342 e. The minimum atomic E-state index is -1.68. The van der Waals surface area contributed by atoms with Crippen LogP contribution in [-0.2, 0) is 0 Å². The lowest BCUT2D eigenvalue weighted by Crippen LogP contribution is -2.61. The Morgan fingerprint density at radius 3 is 1.49 bits per heavy atom. The lowest BCUT2D eigenvalue weighted by atomic mass is 9.37. The van der Waals surface area contributed by atoms with Crippen molar-refractivity contribution in [1.29, 1.82) is 0 Å². The normalized spacial score (nSPS) is 13.9. The quantitative estimate of drug-likeness (QED) is 0.274. The van der Waals surface area contributed by atoms with Crippen molar-refractivity contribution >= 4 is 70.9 Å². The Balaban J connectivity index is 1.63. The van der Waals surface area contributed by atoms with Crippen molar-refractivity contribution in [3.8, 4) is 0 Å². The number of furan rings is 2. The smallest absolute Gasteiger partial charge is 0.342 e. The van der Waals surface area contributed by atoms with Gasteiger partial charge in [0.1, 0.15) is 11.3 Å². The topological polar surface area (TPSA) is 32.8 Å². The Morgan fingerprint density at radius 2 is 1.08 bits per heavy atom. The molecule has 0 atom stereocenters. The van der Waals surface area contributed by atoms with Crippen LogP contribution in [0.1, 0.15) is 11.1 Å². The molecule has 4 heterocycles. The van der Waals surface area contributed by atoms with E-state index in [9.17, 15) is 0 Å². The first-order valence-electron chi connectivity index (χ1n) is 12.9. The molecule has 4 nitrogen and oxygen atoms in total. The van der Waals surface area contributed by atoms with Gasteiger partial charge in [0, 0.05) is 33.9 Å². The van der Waals surface area contributed by atoms with Crippen molar-refractivity contribution in [3.63, 3.8) is 0 Å². The molecule has 0 N–H and O–H groups in total. The molecule has 2 aliphatic heterocycles. The molecule has 0 bridgehead atoms. The van der Waals surface area contributed by atoms with E-state index in [-0.39, 0.29) is 6.71 Å². The lowest BCUT2D eigenvalue weighted by molar-refractivity contribution is 0.585. The van der Waals surface area contributed by atoms with Gasteiger partial charge in [-0.3, -0.25) is 0 Å². The number of para-hydroxylation sites is 2. The van der Waals surface area contributed by atoms with Gasteiger partial charge >= 0.3 is 6.71 Å². The van der Waals surface area contributed by atoms with Crippen LogP contribution in [0.15, 0.2) is 94.2 Å². The number of anilines is 6. The van der Waals surface area contributed by atoms with Crippen molar-refractivity contribution in [2.24, 2.45) is 0 Å². The van der Waals surface area contributed by atoms with E-state index in [0.717, 1.165) is 45.2 Å². The van der Waals surface area contributed by atoms with E-state index < -0.39 is 8.07 Å². The van der Waals surface area contributed by atoms with E-state index in [2.05, 4.69) is 116 Å². The fraction of sp³-hybridized carbons (Fsp3) is 0.161. The Hall–Kier alpha value is -3.90. The second-order valence-electron chi connectivity index (χ2n) is 11.2. The van der Waals surface area contributed by atoms with Crippen LogP contribution in [0.25, 0.3) is 0 Å². The van der Waals surface area contributed by atoms with Crippen molar-refractivity contribution < 1.29 is 8.83 Å². The summed E-state index contributed by atoms with van der Waals surface area (Å²) in [5.41, 5.74) is 12.3. The van der Waals surface area contributed by atoms with Gasteiger partial charge in [0.2, 0.25) is 0 Å². The Kier molecular flexibility index (Phi) is 4.70. The summed E-state index contributed by atoms with van der Waals surface area (Å²) in [5.74, 6) is 0. The summed E-state index contributed by atoms with van der Waals surface area (Å²) in [6.07, 6.45) is 3.79. The molecule has 0 saturated carbocycles. The summed E-state index contributed by atoms with van der Waals surface area (Å²) in [6.45, 7) is 11.4. The second-order valence-corrected chi connectivity index (χ2v) is 16.3. The van der Waals surface area contributed by atoms with Crippen molar-refractivity contribution in [3.05, 3.63) is 96.4 Å². The largest absolute Gasteiger partial charge is 0.476 e. The van der Waals surface area contributed by atoms with E-state index in [0.29, 0.717) is 0 Å². The van der Waals surface area contributed by atoms with E-state index >= 15 is 0 Å². The summed E-state index contributed by atoms with van der Waals surface area (Å²) >= 11 is 0. The third-order valence-electron chi connectivity index (χ3n) is 7.71. The summed E-state index contributed by atoms with van der Waals surface area (Å²) in [7, 11) is -1.68. The highest BCUT2D eigenvalue weighted by Gasteiger charge is 2.49. The molecule has 3 aromatic carbocycles. The molecule has 5 aromatic rings. The summed E-state index contributed by atoms with van der Waals surface area (Å²) < 4.78 is 12.8. The van der Waals surface area contributed by atoms with Crippen LogP contribution in [0.4, 0.5) is 34.1 Å². The van der Waals surface area contributed by atoms with E-state index in [1.54, 1.807) is 0 Å². The fourth-order valence-electron chi connectivity index (χ4n) is 5.93. The Morgan fingerprint density at radius 1 is 0.649 bits per heavy atom. The molecule has 2 aromatic heterocycles. The molecule has 0 radical (unpaired) electrons. The molecule has 0 unspecified atom stereocenters. The highest BCUT2D eigenvalue weighted by Crippen LogP contribution is 2.45. The molecular formula is C31H29BN2O2Si. The van der Waals surface area contributed by atoms with E-state index in [1.807, 2.05) is 12.5 Å². The molecule has 0 spiro atoms. The maximum atomic E-state index is 6.38. The molecule has 0 fully saturated rings. The molecular weight excluding hydrogens is 471 g/mol. The minimum absolute atomic E-state index is 0.104. The van der Waals surface area contributed by atoms with Crippen molar-refractivity contribution in [1.82, 2.24) is 0 Å². The fourth-order valence-corrected chi connectivity index (χ4v) is 7.07. The zero-order valence-electron chi connectivity index (χ0n) is 21.9. The first-order valence-corrected chi connectivity index (χ1v) is 16.4. The Labute approximate surface area is 219 Å². The van der Waals surface area contributed by atoms with Crippen LogP contribution in [0.2, 0.25) is 19.6 Å². The highest BCUT2D eigenvalue weighted by molar-refractivity contribution is 6.99. The number of hydrogen-bond donors (Lipinski definition) is 0. The summed E-state index contributed by atoms with van der Waals surface area (Å²) in [5, 5.41) is 1.43. The SMILES string of the molecule is Cc1coc2c1N(c1ccccc1)c1cc([Si](C)(C)C)cc3c1B2c1occ(C)c1N3c1ccccc1. The molecule has 0 aliphatic carbocycles. The first-order chi connectivity index (χ1) is 17.8. The van der Waals surface area contributed by atoms with Gasteiger partial charge in [-0.1, -0.05) is 61.2 Å². The third-order valence-corrected chi connectivity index (χ3v) is 9.73. The van der Waals surface area contributed by atoms with Gasteiger partial charge < -0.3 is 18.6 Å². The van der Waals surface area contributed by atoms with Crippen molar-refractivity contribution in [2.75, 3.05) is 9.80 Å². The van der Waals surface area contributed by atoms with Gasteiger partial charge in [0.05, 0.1) is 32.0 Å². The predicted molar refractivity (Wildman–Crippen MR) is 157 cm³/mol. The molecule has 182 valence electrons. The van der Waals surface area contributed by atoms with Crippen molar-refractivity contribution in [2.45, 2.75) is 33.5 Å². The van der Waals surface area contributed by atoms with Gasteiger partial charge in [-0.05, 0) is 55.7 Å². The number of hydrogen-bond acceptors (Lipinski definition) is 4. The summed E-state index contributed by atoms with van der Waals surface area (Å²) in [4.78, 5) is 4.80. The van der Waals surface area contributed by atoms with Crippen LogP contribution < -0.4 is 31.8 Å². The predicted octanol–water partition coefficient (Wildman–Crippen LogP) is 6.12. The minimum Gasteiger partial charge on any atom is -0.476 e. The zero-order valence-corrected chi connectivity index (χ0v) is 22.9. The zero-order chi connectivity index (χ0) is 25.5. The molecule has 0 amide bonds. The number of fused-ring (bicyclic) bond motifs is 4. The Bertz CT molecular complexity index is 1540. The average Bonchev–Trinajstić information content (AvgIpc) is 3.47. The van der Waals surface area contributed by atoms with Gasteiger partial charge in [-0.25, -0.2) is 0 Å². The van der Waals surface area contributed by atoms with Gasteiger partial charge in [0.25, 0.3) is 0 Å². The van der Waals surface area contributed by atoms with Gasteiger partial charge in [0.15, 0.2) is 0 Å². The standard InChI is InChI=1S/C31H29BN2O2Si/c1-20-18-35-30-28(20)33(22-12-8-6-9-13-22)25-16-24(37(3,4)5)17-26-27(25)32(30)31-29(21(2)19-36-31)34(26)23-14-10-7-11-15-23/h6-19H,1-5H3. The average molecular weight is 500 g/mol. The third kappa shape index (κ3) is 3.15. The number of benzene rings is 3. The van der Waals surface area contributed by atoms with Gasteiger partial charge in [-0.2, -0.15) is 0 Å². The molecule has 37 heavy (non-hydrogen) atoms. The molecule has 0 saturated heterocycles. The van der Waals surface area contributed by atoms with E-state index in [1.165, 1.54) is 22.0 Å². The summed E-state index contributed by atoms with van der Waals surface area (Å²) in [6, 6.07) is 26.2. The number of nitrogens with zero attached hydrogens (tertiary/aromatic N) is 2. The molecule has 2 aliphatic rings. The van der Waals surface area contributed by atoms with Crippen LogP contribution >= 0.6 is 0 Å². The molecule has 6 heteroatoms. The van der Waals surface area contributed by atoms with Crippen LogP contribution in [-0.4, -0.2) is 14.8 Å². The molecule has 7 rings (SSSR count). The second kappa shape index (κ2) is 7.80. The van der Waals surface area contributed by atoms with E-state index in [4.69, 9.17) is 8.83 Å². The monoisotopic (exact) mass is 500 g/mol. The van der Waals surface area contributed by atoms with Crippen LogP contribution in [0, 0.1) is 13.8 Å².